The van der Waals surface area contributed by atoms with E-state index in [0.717, 1.165) is 0 Å². The smallest absolute Gasteiger partial charge is 0.261 e. The normalized spacial score (nSPS) is 13.5. The zero-order chi connectivity index (χ0) is 14.4. The third kappa shape index (κ3) is 4.37. The van der Waals surface area contributed by atoms with Crippen molar-refractivity contribution in [2.75, 3.05) is 6.54 Å². The topological polar surface area (TPSA) is 64.3 Å². The van der Waals surface area contributed by atoms with Crippen LogP contribution in [0.25, 0.3) is 0 Å². The minimum absolute atomic E-state index is 0.264. The zero-order valence-electron chi connectivity index (χ0n) is 11.2. The summed E-state index contributed by atoms with van der Waals surface area (Å²) in [5.74, 6) is -0.235. The number of benzene rings is 1. The molecule has 0 heterocycles. The van der Waals surface area contributed by atoms with Crippen molar-refractivity contribution in [3.63, 3.8) is 0 Å². The van der Waals surface area contributed by atoms with E-state index in [-0.39, 0.29) is 17.8 Å². The van der Waals surface area contributed by atoms with Gasteiger partial charge in [0, 0.05) is 18.2 Å². The maximum absolute atomic E-state index is 13.2. The van der Waals surface area contributed by atoms with Gasteiger partial charge >= 0.3 is 0 Å². The summed E-state index contributed by atoms with van der Waals surface area (Å²) in [5.41, 5.74) is 6.29. The number of hydrogen-bond acceptors (Lipinski definition) is 3. The lowest BCUT2D eigenvalue weighted by Crippen LogP contribution is -2.36. The van der Waals surface area contributed by atoms with Crippen LogP contribution >= 0.6 is 0 Å². The molecular formula is C14H19FN2O2. The van der Waals surface area contributed by atoms with Crippen LogP contribution in [0.15, 0.2) is 30.9 Å². The van der Waals surface area contributed by atoms with E-state index < -0.39 is 6.10 Å². The van der Waals surface area contributed by atoms with Crippen LogP contribution in [0.5, 0.6) is 5.75 Å². The fraction of sp³-hybridized carbons (Fsp3) is 0.357. The second-order valence-corrected chi connectivity index (χ2v) is 4.26. The molecule has 3 N–H and O–H groups in total. The molecule has 1 amide bonds. The van der Waals surface area contributed by atoms with Crippen LogP contribution in [-0.4, -0.2) is 18.6 Å². The number of ether oxygens (including phenoxy) is 1. The first-order valence-corrected chi connectivity index (χ1v) is 6.06. The van der Waals surface area contributed by atoms with Crippen LogP contribution in [-0.2, 0) is 4.79 Å². The van der Waals surface area contributed by atoms with Crippen molar-refractivity contribution in [3.8, 4) is 5.75 Å². The first kappa shape index (κ1) is 15.2. The molecule has 2 atom stereocenters. The number of nitrogens with two attached hydrogens (primary N) is 1. The van der Waals surface area contributed by atoms with Gasteiger partial charge in [-0.1, -0.05) is 6.08 Å². The molecule has 104 valence electrons. The maximum atomic E-state index is 13.2. The van der Waals surface area contributed by atoms with Crippen molar-refractivity contribution >= 4 is 5.91 Å². The molecule has 0 aliphatic rings. The molecule has 1 rings (SSSR count). The molecule has 0 aliphatic carbocycles. The van der Waals surface area contributed by atoms with Crippen LogP contribution in [0.1, 0.15) is 25.5 Å². The Labute approximate surface area is 112 Å². The number of halogens is 1. The summed E-state index contributed by atoms with van der Waals surface area (Å²) in [4.78, 5) is 11.7. The van der Waals surface area contributed by atoms with Crippen molar-refractivity contribution in [1.82, 2.24) is 5.32 Å². The third-order valence-electron chi connectivity index (χ3n) is 2.56. The number of hydrogen-bond donors (Lipinski definition) is 2. The first-order valence-electron chi connectivity index (χ1n) is 6.06. The highest BCUT2D eigenvalue weighted by molar-refractivity contribution is 5.80. The van der Waals surface area contributed by atoms with Crippen molar-refractivity contribution in [2.45, 2.75) is 26.0 Å². The van der Waals surface area contributed by atoms with Crippen LogP contribution in [0.3, 0.4) is 0 Å². The van der Waals surface area contributed by atoms with Gasteiger partial charge in [0.15, 0.2) is 6.10 Å². The Kier molecular flexibility index (Phi) is 5.51. The van der Waals surface area contributed by atoms with Crippen molar-refractivity contribution in [3.05, 3.63) is 42.2 Å². The summed E-state index contributed by atoms with van der Waals surface area (Å²) < 4.78 is 18.7. The van der Waals surface area contributed by atoms with E-state index >= 15 is 0 Å². The molecule has 0 aromatic heterocycles. The van der Waals surface area contributed by atoms with E-state index in [1.54, 1.807) is 19.9 Å². The van der Waals surface area contributed by atoms with E-state index in [2.05, 4.69) is 11.9 Å². The summed E-state index contributed by atoms with van der Waals surface area (Å²) in [6, 6.07) is 3.68. The zero-order valence-corrected chi connectivity index (χ0v) is 11.2. The highest BCUT2D eigenvalue weighted by atomic mass is 19.1. The fourth-order valence-electron chi connectivity index (χ4n) is 1.54. The molecule has 1 aromatic rings. The number of carbonyl (C=O) groups is 1. The quantitative estimate of drug-likeness (QED) is 0.773. The standard InChI is InChI=1S/C14H19FN2O2/c1-4-7-17-14(18)10(3)19-13-6-5-11(15)8-12(13)9(2)16/h4-6,8-10H,1,7,16H2,2-3H3,(H,17,18). The van der Waals surface area contributed by atoms with E-state index in [4.69, 9.17) is 10.5 Å². The molecule has 0 saturated carbocycles. The van der Waals surface area contributed by atoms with Crippen LogP contribution in [0.2, 0.25) is 0 Å². The van der Waals surface area contributed by atoms with Gasteiger partial charge in [-0.2, -0.15) is 0 Å². The Bertz CT molecular complexity index is 461. The largest absolute Gasteiger partial charge is 0.481 e. The molecule has 0 aliphatic heterocycles. The molecule has 1 aromatic carbocycles. The molecule has 0 radical (unpaired) electrons. The second kappa shape index (κ2) is 6.89. The van der Waals surface area contributed by atoms with E-state index in [1.807, 2.05) is 0 Å². The Balaban J connectivity index is 2.81. The summed E-state index contributed by atoms with van der Waals surface area (Å²) in [6.45, 7) is 7.22. The van der Waals surface area contributed by atoms with Crippen LogP contribution in [0, 0.1) is 5.82 Å². The average Bonchev–Trinajstić information content (AvgIpc) is 2.37. The summed E-state index contributed by atoms with van der Waals surface area (Å²) >= 11 is 0. The van der Waals surface area contributed by atoms with Gasteiger partial charge in [0.05, 0.1) is 0 Å². The van der Waals surface area contributed by atoms with Gasteiger partial charge in [-0.15, -0.1) is 6.58 Å². The van der Waals surface area contributed by atoms with Crippen LogP contribution in [0.4, 0.5) is 4.39 Å². The molecule has 0 spiro atoms. The predicted octanol–water partition coefficient (Wildman–Crippen LogP) is 1.91. The highest BCUT2D eigenvalue weighted by Crippen LogP contribution is 2.25. The lowest BCUT2D eigenvalue weighted by molar-refractivity contribution is -0.127. The third-order valence-corrected chi connectivity index (χ3v) is 2.56. The number of rotatable bonds is 6. The molecule has 0 bridgehead atoms. The minimum Gasteiger partial charge on any atom is -0.481 e. The fourth-order valence-corrected chi connectivity index (χ4v) is 1.54. The van der Waals surface area contributed by atoms with Gasteiger partial charge in [-0.25, -0.2) is 4.39 Å². The van der Waals surface area contributed by atoms with Gasteiger partial charge in [0.25, 0.3) is 5.91 Å². The molecule has 0 fully saturated rings. The lowest BCUT2D eigenvalue weighted by atomic mass is 10.1. The monoisotopic (exact) mass is 266 g/mol. The van der Waals surface area contributed by atoms with Gasteiger partial charge in [0.1, 0.15) is 11.6 Å². The SMILES string of the molecule is C=CCNC(=O)C(C)Oc1ccc(F)cc1C(C)N. The molecule has 5 heteroatoms. The van der Waals surface area contributed by atoms with Gasteiger partial charge < -0.3 is 15.8 Å². The Morgan fingerprint density at radius 1 is 1.58 bits per heavy atom. The molecule has 0 saturated heterocycles. The van der Waals surface area contributed by atoms with Gasteiger partial charge in [-0.3, -0.25) is 4.79 Å². The number of amides is 1. The van der Waals surface area contributed by atoms with Crippen LogP contribution < -0.4 is 15.8 Å². The maximum Gasteiger partial charge on any atom is 0.261 e. The van der Waals surface area contributed by atoms with Crippen molar-refractivity contribution in [1.29, 1.82) is 0 Å². The van der Waals surface area contributed by atoms with Gasteiger partial charge in [0.2, 0.25) is 0 Å². The molecule has 4 nitrogen and oxygen atoms in total. The Hall–Kier alpha value is -1.88. The molecule has 19 heavy (non-hydrogen) atoms. The summed E-state index contributed by atoms with van der Waals surface area (Å²) in [5, 5.41) is 2.63. The summed E-state index contributed by atoms with van der Waals surface area (Å²) in [6.07, 6.45) is 0.888. The van der Waals surface area contributed by atoms with E-state index in [9.17, 15) is 9.18 Å². The van der Waals surface area contributed by atoms with Crippen molar-refractivity contribution in [2.24, 2.45) is 5.73 Å². The second-order valence-electron chi connectivity index (χ2n) is 4.26. The van der Waals surface area contributed by atoms with E-state index in [1.165, 1.54) is 18.2 Å². The average molecular weight is 266 g/mol. The summed E-state index contributed by atoms with van der Waals surface area (Å²) in [7, 11) is 0. The Morgan fingerprint density at radius 3 is 2.84 bits per heavy atom. The minimum atomic E-state index is -0.692. The first-order chi connectivity index (χ1) is 8.95. The Morgan fingerprint density at radius 2 is 2.26 bits per heavy atom. The molecular weight excluding hydrogens is 247 g/mol. The molecule has 2 unspecified atom stereocenters. The predicted molar refractivity (Wildman–Crippen MR) is 72.3 cm³/mol. The van der Waals surface area contributed by atoms with Gasteiger partial charge in [-0.05, 0) is 32.0 Å². The number of carbonyl (C=O) groups excluding carboxylic acids is 1. The lowest BCUT2D eigenvalue weighted by Gasteiger charge is -2.18. The van der Waals surface area contributed by atoms with Crippen molar-refractivity contribution < 1.29 is 13.9 Å². The highest BCUT2D eigenvalue weighted by Gasteiger charge is 2.17. The number of nitrogens with one attached hydrogen (secondary N) is 1. The van der Waals surface area contributed by atoms with E-state index in [0.29, 0.717) is 17.9 Å².